The highest BCUT2D eigenvalue weighted by Crippen LogP contribution is 2.27. The van der Waals surface area contributed by atoms with Gasteiger partial charge in [0, 0.05) is 5.56 Å². The maximum atomic E-state index is 13.6. The summed E-state index contributed by atoms with van der Waals surface area (Å²) in [5.74, 6) is 0.437. The Morgan fingerprint density at radius 1 is 1.00 bits per heavy atom. The van der Waals surface area contributed by atoms with E-state index in [1.807, 2.05) is 38.1 Å². The maximum absolute atomic E-state index is 13.6. The number of aryl methyl sites for hydroxylation is 2. The molecule has 0 aliphatic carbocycles. The average molecular weight is 240 g/mol. The summed E-state index contributed by atoms with van der Waals surface area (Å²) in [4.78, 5) is 7.56. The van der Waals surface area contributed by atoms with Crippen LogP contribution < -0.4 is 0 Å². The summed E-state index contributed by atoms with van der Waals surface area (Å²) >= 11 is 0. The molecule has 0 unspecified atom stereocenters. The molecule has 0 spiro atoms. The van der Waals surface area contributed by atoms with Crippen molar-refractivity contribution in [3.05, 3.63) is 53.3 Å². The summed E-state index contributed by atoms with van der Waals surface area (Å²) in [5.41, 5.74) is 4.44. The number of halogens is 1. The molecule has 18 heavy (non-hydrogen) atoms. The van der Waals surface area contributed by atoms with Gasteiger partial charge in [0.1, 0.15) is 11.3 Å². The third-order valence-corrected chi connectivity index (χ3v) is 3.18. The summed E-state index contributed by atoms with van der Waals surface area (Å²) in [6, 6.07) is 11.0. The van der Waals surface area contributed by atoms with E-state index >= 15 is 0 Å². The number of aromatic amines is 1. The van der Waals surface area contributed by atoms with E-state index in [1.165, 1.54) is 6.07 Å². The lowest BCUT2D eigenvalue weighted by molar-refractivity contribution is 0.637. The molecule has 2 nitrogen and oxygen atoms in total. The van der Waals surface area contributed by atoms with Gasteiger partial charge in [0.2, 0.25) is 0 Å². The van der Waals surface area contributed by atoms with Crippen LogP contribution in [0.5, 0.6) is 0 Å². The minimum atomic E-state index is -0.291. The first-order valence-corrected chi connectivity index (χ1v) is 5.87. The van der Waals surface area contributed by atoms with Gasteiger partial charge in [0.25, 0.3) is 0 Å². The molecule has 0 amide bonds. The fourth-order valence-electron chi connectivity index (χ4n) is 2.30. The Kier molecular flexibility index (Phi) is 2.40. The van der Waals surface area contributed by atoms with Crippen molar-refractivity contribution in [2.24, 2.45) is 0 Å². The van der Waals surface area contributed by atoms with Crippen LogP contribution in [0, 0.1) is 19.7 Å². The van der Waals surface area contributed by atoms with Crippen LogP contribution in [0.1, 0.15) is 11.1 Å². The van der Waals surface area contributed by atoms with E-state index in [0.29, 0.717) is 5.52 Å². The minimum absolute atomic E-state index is 0.291. The summed E-state index contributed by atoms with van der Waals surface area (Å²) < 4.78 is 13.6. The smallest absolute Gasteiger partial charge is 0.151 e. The van der Waals surface area contributed by atoms with Crippen LogP contribution in [0.2, 0.25) is 0 Å². The van der Waals surface area contributed by atoms with E-state index in [1.54, 1.807) is 6.07 Å². The molecule has 3 rings (SSSR count). The van der Waals surface area contributed by atoms with E-state index in [2.05, 4.69) is 9.97 Å². The molecule has 0 aliphatic heterocycles. The minimum Gasteiger partial charge on any atom is -0.338 e. The van der Waals surface area contributed by atoms with E-state index in [4.69, 9.17) is 0 Å². The number of H-pyrrole nitrogens is 1. The number of nitrogens with zero attached hydrogens (tertiary/aromatic N) is 1. The van der Waals surface area contributed by atoms with Crippen LogP contribution in [0.4, 0.5) is 4.39 Å². The Labute approximate surface area is 104 Å². The zero-order valence-electron chi connectivity index (χ0n) is 10.3. The summed E-state index contributed by atoms with van der Waals surface area (Å²) in [5, 5.41) is 0. The number of imidazole rings is 1. The van der Waals surface area contributed by atoms with Crippen molar-refractivity contribution < 1.29 is 4.39 Å². The average Bonchev–Trinajstić information content (AvgIpc) is 2.74. The van der Waals surface area contributed by atoms with Gasteiger partial charge in [-0.3, -0.25) is 0 Å². The van der Waals surface area contributed by atoms with Crippen molar-refractivity contribution in [1.82, 2.24) is 9.97 Å². The van der Waals surface area contributed by atoms with Crippen molar-refractivity contribution in [3.8, 4) is 11.4 Å². The van der Waals surface area contributed by atoms with Crippen LogP contribution in [-0.4, -0.2) is 9.97 Å². The second-order valence-corrected chi connectivity index (χ2v) is 4.49. The molecule has 0 atom stereocenters. The van der Waals surface area contributed by atoms with Crippen LogP contribution in [-0.2, 0) is 0 Å². The lowest BCUT2D eigenvalue weighted by Crippen LogP contribution is -1.89. The molecule has 2 aromatic carbocycles. The Hall–Kier alpha value is -2.16. The Bertz CT molecular complexity index is 708. The van der Waals surface area contributed by atoms with Gasteiger partial charge in [-0.05, 0) is 37.1 Å². The van der Waals surface area contributed by atoms with Crippen molar-refractivity contribution in [2.75, 3.05) is 0 Å². The standard InChI is InChI=1S/C15H13FN2/c1-9-5-3-6-10(2)13(9)15-17-12-8-4-7-11(16)14(12)18-15/h3-8H,1-2H3,(H,17,18). The normalized spacial score (nSPS) is 11.1. The van der Waals surface area contributed by atoms with Crippen LogP contribution in [0.15, 0.2) is 36.4 Å². The van der Waals surface area contributed by atoms with Gasteiger partial charge in [-0.2, -0.15) is 0 Å². The molecule has 0 saturated carbocycles. The molecule has 90 valence electrons. The van der Waals surface area contributed by atoms with Gasteiger partial charge in [-0.1, -0.05) is 24.3 Å². The van der Waals surface area contributed by atoms with Crippen molar-refractivity contribution in [3.63, 3.8) is 0 Å². The summed E-state index contributed by atoms with van der Waals surface area (Å²) in [6.07, 6.45) is 0. The van der Waals surface area contributed by atoms with Crippen LogP contribution >= 0.6 is 0 Å². The molecule has 1 heterocycles. The molecule has 0 fully saturated rings. The number of rotatable bonds is 1. The Balaban J connectivity index is 2.30. The highest BCUT2D eigenvalue weighted by molar-refractivity contribution is 5.81. The molecule has 0 saturated heterocycles. The lowest BCUT2D eigenvalue weighted by Gasteiger charge is -2.05. The maximum Gasteiger partial charge on any atom is 0.151 e. The highest BCUT2D eigenvalue weighted by Gasteiger charge is 2.12. The van der Waals surface area contributed by atoms with Gasteiger partial charge >= 0.3 is 0 Å². The second-order valence-electron chi connectivity index (χ2n) is 4.49. The largest absolute Gasteiger partial charge is 0.338 e. The Morgan fingerprint density at radius 2 is 1.67 bits per heavy atom. The zero-order valence-corrected chi connectivity index (χ0v) is 10.3. The number of nitrogens with one attached hydrogen (secondary N) is 1. The van der Waals surface area contributed by atoms with Crippen LogP contribution in [0.3, 0.4) is 0 Å². The number of hydrogen-bond acceptors (Lipinski definition) is 1. The molecule has 1 N–H and O–H groups in total. The molecule has 1 aromatic heterocycles. The van der Waals surface area contributed by atoms with Gasteiger partial charge < -0.3 is 4.98 Å². The molecule has 0 bridgehead atoms. The molecular formula is C15H13FN2. The third kappa shape index (κ3) is 1.59. The van der Waals surface area contributed by atoms with Gasteiger partial charge in [0.05, 0.1) is 5.52 Å². The Morgan fingerprint density at radius 3 is 2.33 bits per heavy atom. The molecular weight excluding hydrogens is 227 g/mol. The first-order chi connectivity index (χ1) is 8.66. The number of fused-ring (bicyclic) bond motifs is 1. The SMILES string of the molecule is Cc1cccc(C)c1-c1nc2c(F)cccc2[nH]1. The summed E-state index contributed by atoms with van der Waals surface area (Å²) in [6.45, 7) is 4.07. The van der Waals surface area contributed by atoms with Crippen molar-refractivity contribution in [1.29, 1.82) is 0 Å². The van der Waals surface area contributed by atoms with Gasteiger partial charge in [-0.15, -0.1) is 0 Å². The molecule has 3 aromatic rings. The third-order valence-electron chi connectivity index (χ3n) is 3.18. The lowest BCUT2D eigenvalue weighted by atomic mass is 10.0. The zero-order chi connectivity index (χ0) is 12.7. The topological polar surface area (TPSA) is 28.7 Å². The number of para-hydroxylation sites is 1. The van der Waals surface area contributed by atoms with Crippen LogP contribution in [0.25, 0.3) is 22.4 Å². The van der Waals surface area contributed by atoms with E-state index in [0.717, 1.165) is 28.0 Å². The van der Waals surface area contributed by atoms with Gasteiger partial charge in [-0.25, -0.2) is 9.37 Å². The fourth-order valence-corrected chi connectivity index (χ4v) is 2.30. The second kappa shape index (κ2) is 3.95. The quantitative estimate of drug-likeness (QED) is 0.684. The monoisotopic (exact) mass is 240 g/mol. The fraction of sp³-hybridized carbons (Fsp3) is 0.133. The first-order valence-electron chi connectivity index (χ1n) is 5.87. The van der Waals surface area contributed by atoms with Crippen molar-refractivity contribution >= 4 is 11.0 Å². The highest BCUT2D eigenvalue weighted by atomic mass is 19.1. The first kappa shape index (κ1) is 11.0. The van der Waals surface area contributed by atoms with Crippen molar-refractivity contribution in [2.45, 2.75) is 13.8 Å². The number of hydrogen-bond donors (Lipinski definition) is 1. The molecule has 0 aliphatic rings. The molecule has 0 radical (unpaired) electrons. The number of benzene rings is 2. The number of aromatic nitrogens is 2. The molecule has 3 heteroatoms. The predicted octanol–water partition coefficient (Wildman–Crippen LogP) is 3.99. The van der Waals surface area contributed by atoms with E-state index in [9.17, 15) is 4.39 Å². The predicted molar refractivity (Wildman–Crippen MR) is 71.0 cm³/mol. The van der Waals surface area contributed by atoms with E-state index in [-0.39, 0.29) is 5.82 Å². The van der Waals surface area contributed by atoms with E-state index < -0.39 is 0 Å². The summed E-state index contributed by atoms with van der Waals surface area (Å²) in [7, 11) is 0. The van der Waals surface area contributed by atoms with Gasteiger partial charge in [0.15, 0.2) is 5.82 Å².